The lowest BCUT2D eigenvalue weighted by Crippen LogP contribution is -2.31. The fourth-order valence-electron chi connectivity index (χ4n) is 3.07. The van der Waals surface area contributed by atoms with E-state index in [-0.39, 0.29) is 5.56 Å². The van der Waals surface area contributed by atoms with Gasteiger partial charge in [0.25, 0.3) is 5.56 Å². The first-order valence-electron chi connectivity index (χ1n) is 8.71. The molecule has 5 heteroatoms. The van der Waals surface area contributed by atoms with Gasteiger partial charge < -0.3 is 4.74 Å². The fourth-order valence-corrected chi connectivity index (χ4v) is 3.07. The molecule has 0 saturated heterocycles. The third-order valence-corrected chi connectivity index (χ3v) is 4.40. The lowest BCUT2D eigenvalue weighted by Gasteiger charge is -2.16. The Kier molecular flexibility index (Phi) is 4.58. The van der Waals surface area contributed by atoms with Crippen LogP contribution >= 0.6 is 0 Å². The number of hydrogen-bond donors (Lipinski definition) is 1. The van der Waals surface area contributed by atoms with Crippen LogP contribution in [0.5, 0.6) is 5.75 Å². The van der Waals surface area contributed by atoms with Crippen LogP contribution in [0.1, 0.15) is 11.4 Å². The highest BCUT2D eigenvalue weighted by atomic mass is 16.5. The molecule has 4 rings (SSSR count). The van der Waals surface area contributed by atoms with Gasteiger partial charge >= 0.3 is 0 Å². The smallest absolute Gasteiger partial charge is 0.280 e. The van der Waals surface area contributed by atoms with Gasteiger partial charge in [0.2, 0.25) is 0 Å². The average molecular weight is 357 g/mol. The number of anilines is 1. The maximum atomic E-state index is 13.1. The predicted octanol–water partition coefficient (Wildman–Crippen LogP) is 3.87. The topological polar surface area (TPSA) is 56.1 Å². The summed E-state index contributed by atoms with van der Waals surface area (Å²) in [6, 6.07) is 24.7. The highest BCUT2D eigenvalue weighted by molar-refractivity contribution is 5.77. The molecule has 0 saturated carbocycles. The predicted molar refractivity (Wildman–Crippen MR) is 107 cm³/mol. The summed E-state index contributed by atoms with van der Waals surface area (Å²) in [7, 11) is 1.64. The molecule has 0 aliphatic rings. The fraction of sp³-hybridized carbons (Fsp3) is 0.0909. The molecule has 0 bridgehead atoms. The van der Waals surface area contributed by atoms with E-state index < -0.39 is 0 Å². The minimum atomic E-state index is -0.130. The van der Waals surface area contributed by atoms with Crippen LogP contribution in [0, 0.1) is 0 Å². The molecule has 0 aliphatic heterocycles. The van der Waals surface area contributed by atoms with Gasteiger partial charge in [-0.05, 0) is 30.3 Å². The number of para-hydroxylation sites is 3. The van der Waals surface area contributed by atoms with Crippen LogP contribution in [-0.4, -0.2) is 16.8 Å². The minimum Gasteiger partial charge on any atom is -0.496 e. The largest absolute Gasteiger partial charge is 0.496 e. The number of hydrogen-bond acceptors (Lipinski definition) is 4. The molecule has 0 amide bonds. The number of rotatable bonds is 5. The van der Waals surface area contributed by atoms with Gasteiger partial charge in [-0.25, -0.2) is 9.66 Å². The van der Waals surface area contributed by atoms with Crippen molar-refractivity contribution < 1.29 is 4.74 Å². The van der Waals surface area contributed by atoms with Crippen LogP contribution in [0.15, 0.2) is 83.7 Å². The Bertz CT molecular complexity index is 1140. The van der Waals surface area contributed by atoms with Crippen molar-refractivity contribution in [2.24, 2.45) is 0 Å². The molecule has 3 aromatic carbocycles. The number of nitrogens with one attached hydrogen (secondary N) is 1. The SMILES string of the molecule is COc1ccccc1Cc1nc2ccccc2c(=O)n1Nc1ccccc1. The Morgan fingerprint density at radius 1 is 0.926 bits per heavy atom. The number of benzene rings is 3. The normalized spacial score (nSPS) is 10.7. The van der Waals surface area contributed by atoms with Gasteiger partial charge in [-0.15, -0.1) is 0 Å². The van der Waals surface area contributed by atoms with Crippen LogP contribution in [0.3, 0.4) is 0 Å². The molecular formula is C22H19N3O2. The molecule has 4 aromatic rings. The number of nitrogens with zero attached hydrogens (tertiary/aromatic N) is 2. The van der Waals surface area contributed by atoms with E-state index >= 15 is 0 Å². The molecular weight excluding hydrogens is 338 g/mol. The number of ether oxygens (including phenoxy) is 1. The molecule has 0 aliphatic carbocycles. The van der Waals surface area contributed by atoms with Crippen LogP contribution in [-0.2, 0) is 6.42 Å². The Labute approximate surface area is 156 Å². The summed E-state index contributed by atoms with van der Waals surface area (Å²) in [5, 5.41) is 0.574. The molecule has 5 nitrogen and oxygen atoms in total. The first-order chi connectivity index (χ1) is 13.3. The maximum Gasteiger partial charge on any atom is 0.280 e. The molecule has 0 spiro atoms. The monoisotopic (exact) mass is 357 g/mol. The lowest BCUT2D eigenvalue weighted by atomic mass is 10.1. The van der Waals surface area contributed by atoms with Gasteiger partial charge in [-0.2, -0.15) is 0 Å². The molecule has 27 heavy (non-hydrogen) atoms. The second-order valence-electron chi connectivity index (χ2n) is 6.15. The number of methoxy groups -OCH3 is 1. The Morgan fingerprint density at radius 2 is 1.63 bits per heavy atom. The third kappa shape index (κ3) is 3.40. The Balaban J connectivity index is 1.87. The lowest BCUT2D eigenvalue weighted by molar-refractivity contribution is 0.410. The number of fused-ring (bicyclic) bond motifs is 1. The zero-order valence-corrected chi connectivity index (χ0v) is 14.9. The maximum absolute atomic E-state index is 13.1. The summed E-state index contributed by atoms with van der Waals surface area (Å²) in [6.07, 6.45) is 0.462. The second kappa shape index (κ2) is 7.33. The summed E-state index contributed by atoms with van der Waals surface area (Å²) in [4.78, 5) is 17.9. The van der Waals surface area contributed by atoms with Gasteiger partial charge in [0.1, 0.15) is 11.6 Å². The summed E-state index contributed by atoms with van der Waals surface area (Å²) in [5.74, 6) is 1.39. The van der Waals surface area contributed by atoms with Crippen molar-refractivity contribution in [1.82, 2.24) is 9.66 Å². The molecule has 0 radical (unpaired) electrons. The van der Waals surface area contributed by atoms with E-state index in [1.807, 2.05) is 72.8 Å². The average Bonchev–Trinajstić information content (AvgIpc) is 2.72. The first-order valence-corrected chi connectivity index (χ1v) is 8.71. The molecule has 1 N–H and O–H groups in total. The standard InChI is InChI=1S/C22H19N3O2/c1-27-20-14-8-5-9-16(20)15-21-23-19-13-7-6-12-18(19)22(26)25(21)24-17-10-3-2-4-11-17/h2-14,24H,15H2,1H3. The van der Waals surface area contributed by atoms with Crippen molar-refractivity contribution >= 4 is 16.6 Å². The van der Waals surface area contributed by atoms with Crippen LogP contribution in [0.2, 0.25) is 0 Å². The van der Waals surface area contributed by atoms with Gasteiger partial charge in [0, 0.05) is 12.0 Å². The van der Waals surface area contributed by atoms with E-state index in [1.165, 1.54) is 4.68 Å². The highest BCUT2D eigenvalue weighted by Gasteiger charge is 2.13. The third-order valence-electron chi connectivity index (χ3n) is 4.40. The van der Waals surface area contributed by atoms with E-state index in [0.29, 0.717) is 23.1 Å². The Hall–Kier alpha value is -3.60. The van der Waals surface area contributed by atoms with Gasteiger partial charge in [-0.3, -0.25) is 10.2 Å². The molecule has 0 unspecified atom stereocenters. The van der Waals surface area contributed by atoms with Gasteiger partial charge in [-0.1, -0.05) is 48.5 Å². The van der Waals surface area contributed by atoms with Crippen LogP contribution < -0.4 is 15.7 Å². The quantitative estimate of drug-likeness (QED) is 0.589. The van der Waals surface area contributed by atoms with Crippen LogP contribution in [0.4, 0.5) is 5.69 Å². The van der Waals surface area contributed by atoms with Crippen molar-refractivity contribution in [3.8, 4) is 5.75 Å². The minimum absolute atomic E-state index is 0.130. The van der Waals surface area contributed by atoms with Crippen molar-refractivity contribution in [2.45, 2.75) is 6.42 Å². The van der Waals surface area contributed by atoms with Gasteiger partial charge in [0.05, 0.1) is 23.7 Å². The number of aromatic nitrogens is 2. The molecule has 134 valence electrons. The first kappa shape index (κ1) is 16.8. The van der Waals surface area contributed by atoms with E-state index in [0.717, 1.165) is 17.0 Å². The molecule has 0 fully saturated rings. The van der Waals surface area contributed by atoms with Crippen molar-refractivity contribution in [2.75, 3.05) is 12.5 Å². The van der Waals surface area contributed by atoms with Crippen molar-refractivity contribution in [3.05, 3.63) is 101 Å². The molecule has 1 heterocycles. The van der Waals surface area contributed by atoms with Crippen molar-refractivity contribution in [1.29, 1.82) is 0 Å². The highest BCUT2D eigenvalue weighted by Crippen LogP contribution is 2.21. The van der Waals surface area contributed by atoms with E-state index in [2.05, 4.69) is 5.43 Å². The molecule has 0 atom stereocenters. The van der Waals surface area contributed by atoms with E-state index in [1.54, 1.807) is 13.2 Å². The molecule has 1 aromatic heterocycles. The van der Waals surface area contributed by atoms with E-state index in [9.17, 15) is 4.79 Å². The zero-order chi connectivity index (χ0) is 18.6. The summed E-state index contributed by atoms with van der Waals surface area (Å²) >= 11 is 0. The zero-order valence-electron chi connectivity index (χ0n) is 14.9. The van der Waals surface area contributed by atoms with Gasteiger partial charge in [0.15, 0.2) is 0 Å². The summed E-state index contributed by atoms with van der Waals surface area (Å²) in [5.41, 5.74) is 5.52. The van der Waals surface area contributed by atoms with Crippen LogP contribution in [0.25, 0.3) is 10.9 Å². The summed E-state index contributed by atoms with van der Waals surface area (Å²) in [6.45, 7) is 0. The summed E-state index contributed by atoms with van der Waals surface area (Å²) < 4.78 is 6.98. The van der Waals surface area contributed by atoms with E-state index in [4.69, 9.17) is 9.72 Å². The van der Waals surface area contributed by atoms with Crippen molar-refractivity contribution in [3.63, 3.8) is 0 Å². The Morgan fingerprint density at radius 3 is 2.44 bits per heavy atom. The second-order valence-corrected chi connectivity index (χ2v) is 6.15.